The van der Waals surface area contributed by atoms with Crippen molar-refractivity contribution in [1.82, 2.24) is 0 Å². The number of amides is 1. The molecule has 0 saturated heterocycles. The molecule has 7 heteroatoms. The van der Waals surface area contributed by atoms with Crippen molar-refractivity contribution in [3.8, 4) is 6.07 Å². The molecule has 23 heavy (non-hydrogen) atoms. The standard InChI is InChI=1S/C16H10Cl2N2O3/c17-11-5-6-12(13(18)7-11)16(22)23-9-15(21)20-14-4-2-1-3-10(14)8-19/h1-7H,9H2,(H,20,21). The summed E-state index contributed by atoms with van der Waals surface area (Å²) in [6.45, 7) is -0.502. The lowest BCUT2D eigenvalue weighted by atomic mass is 10.2. The molecule has 0 spiro atoms. The van der Waals surface area contributed by atoms with Crippen LogP contribution in [0.1, 0.15) is 15.9 Å². The van der Waals surface area contributed by atoms with Crippen molar-refractivity contribution in [1.29, 1.82) is 5.26 Å². The van der Waals surface area contributed by atoms with Crippen LogP contribution in [0.3, 0.4) is 0 Å². The fourth-order valence-electron chi connectivity index (χ4n) is 1.74. The maximum atomic E-state index is 11.9. The summed E-state index contributed by atoms with van der Waals surface area (Å²) in [6, 6.07) is 12.8. The number of nitrogens with zero attached hydrogens (tertiary/aromatic N) is 1. The molecule has 0 unspecified atom stereocenters. The molecule has 0 fully saturated rings. The lowest BCUT2D eigenvalue weighted by molar-refractivity contribution is -0.119. The quantitative estimate of drug-likeness (QED) is 0.855. The molecule has 0 aliphatic carbocycles. The number of hydrogen-bond donors (Lipinski definition) is 1. The van der Waals surface area contributed by atoms with E-state index in [1.54, 1.807) is 24.3 Å². The van der Waals surface area contributed by atoms with E-state index in [1.165, 1.54) is 18.2 Å². The van der Waals surface area contributed by atoms with Crippen LogP contribution in [0.25, 0.3) is 0 Å². The molecule has 1 amide bonds. The van der Waals surface area contributed by atoms with Gasteiger partial charge in [-0.15, -0.1) is 0 Å². The van der Waals surface area contributed by atoms with E-state index in [1.807, 2.05) is 6.07 Å². The normalized spacial score (nSPS) is 9.78. The molecular weight excluding hydrogens is 339 g/mol. The first-order chi connectivity index (χ1) is 11.0. The third-order valence-corrected chi connectivity index (χ3v) is 3.35. The number of hydrogen-bond acceptors (Lipinski definition) is 4. The van der Waals surface area contributed by atoms with E-state index in [9.17, 15) is 9.59 Å². The van der Waals surface area contributed by atoms with E-state index < -0.39 is 18.5 Å². The van der Waals surface area contributed by atoms with Crippen molar-refractivity contribution in [2.75, 3.05) is 11.9 Å². The molecule has 0 aromatic heterocycles. The first-order valence-electron chi connectivity index (χ1n) is 6.42. The van der Waals surface area contributed by atoms with Gasteiger partial charge in [0.05, 0.1) is 21.8 Å². The van der Waals surface area contributed by atoms with Gasteiger partial charge in [0.1, 0.15) is 6.07 Å². The van der Waals surface area contributed by atoms with Crippen LogP contribution >= 0.6 is 23.2 Å². The molecular formula is C16H10Cl2N2O3. The second kappa shape index (κ2) is 7.63. The third kappa shape index (κ3) is 4.46. The van der Waals surface area contributed by atoms with E-state index in [2.05, 4.69) is 5.32 Å². The molecule has 2 rings (SSSR count). The van der Waals surface area contributed by atoms with Crippen molar-refractivity contribution in [3.63, 3.8) is 0 Å². The lowest BCUT2D eigenvalue weighted by Gasteiger charge is -2.08. The maximum Gasteiger partial charge on any atom is 0.340 e. The maximum absolute atomic E-state index is 11.9. The summed E-state index contributed by atoms with van der Waals surface area (Å²) in [5.74, 6) is -1.30. The summed E-state index contributed by atoms with van der Waals surface area (Å²) in [4.78, 5) is 23.7. The van der Waals surface area contributed by atoms with Crippen LogP contribution in [-0.4, -0.2) is 18.5 Å². The zero-order valence-corrected chi connectivity index (χ0v) is 13.2. The molecule has 5 nitrogen and oxygen atoms in total. The van der Waals surface area contributed by atoms with E-state index in [4.69, 9.17) is 33.2 Å². The zero-order valence-electron chi connectivity index (χ0n) is 11.7. The summed E-state index contributed by atoms with van der Waals surface area (Å²) in [5.41, 5.74) is 0.773. The minimum Gasteiger partial charge on any atom is -0.452 e. The fourth-order valence-corrected chi connectivity index (χ4v) is 2.23. The average molecular weight is 349 g/mol. The van der Waals surface area contributed by atoms with Crippen LogP contribution in [-0.2, 0) is 9.53 Å². The second-order valence-electron chi connectivity index (χ2n) is 4.41. The first kappa shape index (κ1) is 16.8. The number of halogens is 2. The van der Waals surface area contributed by atoms with Crippen LogP contribution in [0.2, 0.25) is 10.0 Å². The Morgan fingerprint density at radius 3 is 2.61 bits per heavy atom. The molecule has 116 valence electrons. The lowest BCUT2D eigenvalue weighted by Crippen LogP contribution is -2.21. The van der Waals surface area contributed by atoms with Gasteiger partial charge in [0.2, 0.25) is 0 Å². The molecule has 2 aromatic carbocycles. The summed E-state index contributed by atoms with van der Waals surface area (Å²) >= 11 is 11.6. The summed E-state index contributed by atoms with van der Waals surface area (Å²) < 4.78 is 4.89. The Balaban J connectivity index is 1.96. The smallest absolute Gasteiger partial charge is 0.340 e. The second-order valence-corrected chi connectivity index (χ2v) is 5.25. The summed E-state index contributed by atoms with van der Waals surface area (Å²) in [7, 11) is 0. The Morgan fingerprint density at radius 2 is 1.91 bits per heavy atom. The van der Waals surface area contributed by atoms with Gasteiger partial charge in [-0.1, -0.05) is 35.3 Å². The number of benzene rings is 2. The van der Waals surface area contributed by atoms with Gasteiger partial charge in [-0.3, -0.25) is 4.79 Å². The molecule has 0 aliphatic heterocycles. The highest BCUT2D eigenvalue weighted by atomic mass is 35.5. The Bertz CT molecular complexity index is 800. The van der Waals surface area contributed by atoms with Gasteiger partial charge in [-0.05, 0) is 30.3 Å². The van der Waals surface area contributed by atoms with Crippen molar-refractivity contribution in [2.24, 2.45) is 0 Å². The monoisotopic (exact) mass is 348 g/mol. The van der Waals surface area contributed by atoms with Crippen molar-refractivity contribution in [3.05, 3.63) is 63.6 Å². The van der Waals surface area contributed by atoms with E-state index in [-0.39, 0.29) is 10.6 Å². The first-order valence-corrected chi connectivity index (χ1v) is 7.18. The van der Waals surface area contributed by atoms with Gasteiger partial charge in [0, 0.05) is 5.02 Å². The van der Waals surface area contributed by atoms with Crippen LogP contribution in [0.15, 0.2) is 42.5 Å². The van der Waals surface area contributed by atoms with Crippen LogP contribution < -0.4 is 5.32 Å². The number of anilines is 1. The molecule has 0 atom stereocenters. The van der Waals surface area contributed by atoms with Gasteiger partial charge in [-0.2, -0.15) is 5.26 Å². The Hall–Kier alpha value is -2.55. The van der Waals surface area contributed by atoms with Gasteiger partial charge in [0.25, 0.3) is 5.91 Å². The SMILES string of the molecule is N#Cc1ccccc1NC(=O)COC(=O)c1ccc(Cl)cc1Cl. The number of para-hydroxylation sites is 1. The van der Waals surface area contributed by atoms with Crippen molar-refractivity contribution in [2.45, 2.75) is 0 Å². The number of esters is 1. The predicted molar refractivity (Wildman–Crippen MR) is 86.5 cm³/mol. The number of carbonyl (C=O) groups excluding carboxylic acids is 2. The molecule has 1 N–H and O–H groups in total. The predicted octanol–water partition coefficient (Wildman–Crippen LogP) is 3.66. The molecule has 0 aliphatic rings. The van der Waals surface area contributed by atoms with E-state index >= 15 is 0 Å². The van der Waals surface area contributed by atoms with E-state index in [0.29, 0.717) is 16.3 Å². The summed E-state index contributed by atoms with van der Waals surface area (Å²) in [5, 5.41) is 12.0. The highest BCUT2D eigenvalue weighted by molar-refractivity contribution is 6.36. The molecule has 0 heterocycles. The highest BCUT2D eigenvalue weighted by Gasteiger charge is 2.14. The number of ether oxygens (including phenoxy) is 1. The molecule has 2 aromatic rings. The van der Waals surface area contributed by atoms with Gasteiger partial charge in [-0.25, -0.2) is 4.79 Å². The Labute approximate surface area is 142 Å². The largest absolute Gasteiger partial charge is 0.452 e. The zero-order chi connectivity index (χ0) is 16.8. The number of carbonyl (C=O) groups is 2. The van der Waals surface area contributed by atoms with Gasteiger partial charge < -0.3 is 10.1 Å². The minimum absolute atomic E-state index is 0.112. The van der Waals surface area contributed by atoms with Gasteiger partial charge >= 0.3 is 5.97 Å². The minimum atomic E-state index is -0.740. The average Bonchev–Trinajstić information content (AvgIpc) is 2.53. The molecule has 0 radical (unpaired) electrons. The Morgan fingerprint density at radius 1 is 1.17 bits per heavy atom. The summed E-state index contributed by atoms with van der Waals surface area (Å²) in [6.07, 6.45) is 0. The number of nitriles is 1. The highest BCUT2D eigenvalue weighted by Crippen LogP contribution is 2.21. The van der Waals surface area contributed by atoms with Crippen LogP contribution in [0, 0.1) is 11.3 Å². The van der Waals surface area contributed by atoms with Crippen molar-refractivity contribution >= 4 is 40.8 Å². The van der Waals surface area contributed by atoms with Crippen LogP contribution in [0.4, 0.5) is 5.69 Å². The fraction of sp³-hybridized carbons (Fsp3) is 0.0625. The van der Waals surface area contributed by atoms with Crippen LogP contribution in [0.5, 0.6) is 0 Å². The molecule has 0 saturated carbocycles. The molecule has 0 bridgehead atoms. The number of rotatable bonds is 4. The Kier molecular flexibility index (Phi) is 5.58. The van der Waals surface area contributed by atoms with Crippen molar-refractivity contribution < 1.29 is 14.3 Å². The van der Waals surface area contributed by atoms with E-state index in [0.717, 1.165) is 0 Å². The third-order valence-electron chi connectivity index (χ3n) is 2.81. The topological polar surface area (TPSA) is 79.2 Å². The van der Waals surface area contributed by atoms with Gasteiger partial charge in [0.15, 0.2) is 6.61 Å². The number of nitrogens with one attached hydrogen (secondary N) is 1.